The lowest BCUT2D eigenvalue weighted by atomic mass is 9.48. The summed E-state index contributed by atoms with van der Waals surface area (Å²) in [6.45, 7) is 5.41. The smallest absolute Gasteiger partial charge is 0.416 e. The van der Waals surface area contributed by atoms with Crippen LogP contribution in [0.1, 0.15) is 55.4 Å². The highest BCUT2D eigenvalue weighted by atomic mass is 19.4. The Bertz CT molecular complexity index is 1320. The molecule has 2 fully saturated rings. The monoisotopic (exact) mass is 540 g/mol. The third-order valence-corrected chi connectivity index (χ3v) is 9.47. The number of carbonyl (C=O) groups excluding carboxylic acids is 1. The van der Waals surface area contributed by atoms with Crippen molar-refractivity contribution in [2.24, 2.45) is 5.92 Å². The molecule has 5 atom stereocenters. The van der Waals surface area contributed by atoms with E-state index in [0.29, 0.717) is 24.9 Å². The van der Waals surface area contributed by atoms with Crippen molar-refractivity contribution >= 4 is 12.0 Å². The minimum Gasteiger partial charge on any atom is -0.487 e. The van der Waals surface area contributed by atoms with Gasteiger partial charge in [0.2, 0.25) is 5.91 Å². The molecule has 2 aromatic carbocycles. The summed E-state index contributed by atoms with van der Waals surface area (Å²) in [4.78, 5) is 17.9. The Balaban J connectivity index is 1.36. The first-order valence-corrected chi connectivity index (χ1v) is 13.8. The van der Waals surface area contributed by atoms with Crippen molar-refractivity contribution in [2.75, 3.05) is 20.1 Å². The number of likely N-dealkylation sites (tertiary alicyclic amines) is 1. The maximum Gasteiger partial charge on any atom is 0.416 e. The first kappa shape index (κ1) is 26.4. The van der Waals surface area contributed by atoms with Crippen LogP contribution in [0.5, 0.6) is 5.75 Å². The van der Waals surface area contributed by atoms with Crippen LogP contribution in [0, 0.1) is 5.92 Å². The Hall–Kier alpha value is -2.84. The van der Waals surface area contributed by atoms with Crippen molar-refractivity contribution in [1.82, 2.24) is 9.80 Å². The number of likely N-dealkylation sites (N-methyl/N-ethyl adjacent to an activating group) is 1. The molecule has 5 nitrogen and oxygen atoms in total. The second kappa shape index (κ2) is 9.10. The van der Waals surface area contributed by atoms with Crippen molar-refractivity contribution in [3.05, 3.63) is 70.8 Å². The number of rotatable bonds is 5. The molecule has 0 radical (unpaired) electrons. The van der Waals surface area contributed by atoms with Gasteiger partial charge in [0.25, 0.3) is 0 Å². The van der Waals surface area contributed by atoms with Gasteiger partial charge >= 0.3 is 6.18 Å². The molecule has 1 saturated heterocycles. The van der Waals surface area contributed by atoms with Gasteiger partial charge in [-0.3, -0.25) is 4.79 Å². The second-order valence-corrected chi connectivity index (χ2v) is 12.1. The van der Waals surface area contributed by atoms with E-state index in [2.05, 4.69) is 18.0 Å². The first-order chi connectivity index (χ1) is 18.5. The molecule has 2 bridgehead atoms. The predicted octanol–water partition coefficient (Wildman–Crippen LogP) is 5.06. The number of piperidine rings is 1. The van der Waals surface area contributed by atoms with Gasteiger partial charge in [-0.1, -0.05) is 38.1 Å². The Morgan fingerprint density at radius 1 is 1.23 bits per heavy atom. The van der Waals surface area contributed by atoms with Gasteiger partial charge in [-0.05, 0) is 80.6 Å². The molecule has 6 rings (SSSR count). The quantitative estimate of drug-likeness (QED) is 0.539. The van der Waals surface area contributed by atoms with Crippen LogP contribution in [0.2, 0.25) is 0 Å². The lowest BCUT2D eigenvalue weighted by molar-refractivity contribution is -0.197. The predicted molar refractivity (Wildman–Crippen MR) is 142 cm³/mol. The van der Waals surface area contributed by atoms with Crippen molar-refractivity contribution in [3.8, 4) is 5.75 Å². The second-order valence-electron chi connectivity index (χ2n) is 12.1. The van der Waals surface area contributed by atoms with Crippen molar-refractivity contribution in [3.63, 3.8) is 0 Å². The van der Waals surface area contributed by atoms with E-state index >= 15 is 0 Å². The van der Waals surface area contributed by atoms with Crippen LogP contribution in [-0.2, 0) is 22.8 Å². The fourth-order valence-corrected chi connectivity index (χ4v) is 7.88. The number of benzene rings is 2. The summed E-state index contributed by atoms with van der Waals surface area (Å²) >= 11 is 0. The molecule has 4 aliphatic rings. The van der Waals surface area contributed by atoms with E-state index in [4.69, 9.17) is 4.74 Å². The van der Waals surface area contributed by atoms with Gasteiger partial charge in [0.05, 0.1) is 22.6 Å². The molecule has 8 heteroatoms. The van der Waals surface area contributed by atoms with Gasteiger partial charge in [0, 0.05) is 24.2 Å². The van der Waals surface area contributed by atoms with Crippen LogP contribution in [0.3, 0.4) is 0 Å². The number of amides is 1. The fraction of sp³-hybridized carbons (Fsp3) is 0.516. The average molecular weight is 541 g/mol. The Morgan fingerprint density at radius 3 is 2.74 bits per heavy atom. The Kier molecular flexibility index (Phi) is 6.15. The minimum absolute atomic E-state index is 0.0193. The van der Waals surface area contributed by atoms with Gasteiger partial charge in [0.15, 0.2) is 0 Å². The van der Waals surface area contributed by atoms with Gasteiger partial charge in [-0.15, -0.1) is 0 Å². The van der Waals surface area contributed by atoms with E-state index in [1.54, 1.807) is 6.07 Å². The van der Waals surface area contributed by atoms with Crippen LogP contribution < -0.4 is 4.74 Å². The summed E-state index contributed by atoms with van der Waals surface area (Å²) in [6, 6.07) is 10.8. The number of hydrogen-bond donors (Lipinski definition) is 1. The number of carbonyl (C=O) groups is 1. The summed E-state index contributed by atoms with van der Waals surface area (Å²) in [7, 11) is 2.08. The molecular formula is C31H35F3N2O3. The van der Waals surface area contributed by atoms with E-state index in [1.165, 1.54) is 23.8 Å². The van der Waals surface area contributed by atoms with Crippen molar-refractivity contribution < 1.29 is 27.8 Å². The number of halogens is 3. The molecule has 1 spiro atoms. The maximum atomic E-state index is 13.8. The van der Waals surface area contributed by atoms with E-state index in [9.17, 15) is 23.1 Å². The lowest BCUT2D eigenvalue weighted by Crippen LogP contribution is -2.78. The zero-order valence-corrected chi connectivity index (χ0v) is 22.5. The topological polar surface area (TPSA) is 53.0 Å². The van der Waals surface area contributed by atoms with E-state index in [0.717, 1.165) is 42.8 Å². The third-order valence-electron chi connectivity index (χ3n) is 9.47. The summed E-state index contributed by atoms with van der Waals surface area (Å²) in [5, 5.41) is 12.4. The van der Waals surface area contributed by atoms with E-state index in [-0.39, 0.29) is 23.9 Å². The van der Waals surface area contributed by atoms with Crippen LogP contribution in [0.15, 0.2) is 48.5 Å². The van der Waals surface area contributed by atoms with Crippen LogP contribution in [0.4, 0.5) is 13.2 Å². The summed E-state index contributed by atoms with van der Waals surface area (Å²) in [5.74, 6) is 0.723. The normalized spacial score (nSPS) is 31.3. The molecule has 39 heavy (non-hydrogen) atoms. The minimum atomic E-state index is -4.45. The van der Waals surface area contributed by atoms with Crippen molar-refractivity contribution in [2.45, 2.75) is 74.9 Å². The highest BCUT2D eigenvalue weighted by Gasteiger charge is 2.72. The number of alkyl halides is 3. The summed E-state index contributed by atoms with van der Waals surface area (Å²) in [5.41, 5.74) is 0.340. The molecule has 2 heterocycles. The van der Waals surface area contributed by atoms with Gasteiger partial charge in [-0.25, -0.2) is 0 Å². The standard InChI is InChI=1S/C31H35F3N2O3/c1-19(2)18-36(26(37)11-10-20-6-4-8-22(16-20)31(32,33)34)23-12-13-30(38)25-17-21-7-5-9-24-27(21)29(30,28(23)39-24)14-15-35(25)3/h4-11,16,19,23,25,28,38H,12-15,17-18H2,1-3H3/t23-,25+,28-,29-,30+/m0/s1. The van der Waals surface area contributed by atoms with Crippen LogP contribution in [-0.4, -0.2) is 64.7 Å². The molecule has 0 aromatic heterocycles. The zero-order valence-electron chi connectivity index (χ0n) is 22.5. The molecule has 1 saturated carbocycles. The highest BCUT2D eigenvalue weighted by Crippen LogP contribution is 2.64. The number of ether oxygens (including phenoxy) is 1. The lowest BCUT2D eigenvalue weighted by Gasteiger charge is -2.64. The average Bonchev–Trinajstić information content (AvgIpc) is 3.23. The molecule has 1 amide bonds. The molecule has 0 unspecified atom stereocenters. The summed E-state index contributed by atoms with van der Waals surface area (Å²) in [6.07, 6.45) is 0.646. The van der Waals surface area contributed by atoms with E-state index < -0.39 is 28.9 Å². The summed E-state index contributed by atoms with van der Waals surface area (Å²) < 4.78 is 46.3. The highest BCUT2D eigenvalue weighted by molar-refractivity contribution is 5.92. The molecule has 2 aliphatic carbocycles. The fourth-order valence-electron chi connectivity index (χ4n) is 7.88. The SMILES string of the molecule is CC(C)CN(C(=O)C=Cc1cccc(C(F)(F)F)c1)[C@H]1CC[C@@]2(O)[C@H]3Cc4cccc5c4[C@@]2(CCN3C)[C@H]1O5. The van der Waals surface area contributed by atoms with Gasteiger partial charge < -0.3 is 19.6 Å². The van der Waals surface area contributed by atoms with Crippen molar-refractivity contribution in [1.29, 1.82) is 0 Å². The van der Waals surface area contributed by atoms with Crippen LogP contribution >= 0.6 is 0 Å². The molecule has 1 N–H and O–H groups in total. The molecule has 2 aromatic rings. The van der Waals surface area contributed by atoms with Crippen LogP contribution in [0.25, 0.3) is 6.08 Å². The Labute approximate surface area is 227 Å². The number of aliphatic hydroxyl groups is 1. The Morgan fingerprint density at radius 2 is 2.00 bits per heavy atom. The zero-order chi connectivity index (χ0) is 27.7. The van der Waals surface area contributed by atoms with E-state index in [1.807, 2.05) is 30.9 Å². The molecule has 2 aliphatic heterocycles. The van der Waals surface area contributed by atoms with Gasteiger partial charge in [0.1, 0.15) is 11.9 Å². The molecular weight excluding hydrogens is 505 g/mol. The first-order valence-electron chi connectivity index (χ1n) is 13.8. The largest absolute Gasteiger partial charge is 0.487 e. The third kappa shape index (κ3) is 3.93. The number of hydrogen-bond acceptors (Lipinski definition) is 4. The maximum absolute atomic E-state index is 13.8. The molecule has 208 valence electrons. The number of nitrogens with zero attached hydrogens (tertiary/aromatic N) is 2. The van der Waals surface area contributed by atoms with Gasteiger partial charge in [-0.2, -0.15) is 13.2 Å².